The average molecular weight is 253 g/mol. The lowest BCUT2D eigenvalue weighted by atomic mass is 10.1. The third kappa shape index (κ3) is 4.16. The summed E-state index contributed by atoms with van der Waals surface area (Å²) in [5, 5.41) is 8.71. The van der Waals surface area contributed by atoms with Gasteiger partial charge in [-0.05, 0) is 18.1 Å². The molecule has 1 aromatic rings. The lowest BCUT2D eigenvalue weighted by molar-refractivity contribution is -0.144. The molecule has 0 saturated carbocycles. The van der Waals surface area contributed by atoms with E-state index < -0.39 is 11.8 Å². The smallest absolute Gasteiger partial charge is 0.323 e. The van der Waals surface area contributed by atoms with Crippen LogP contribution in [0.5, 0.6) is 0 Å². The Balaban J connectivity index is 2.72. The summed E-state index contributed by atoms with van der Waals surface area (Å²) in [4.78, 5) is 23.8. The maximum Gasteiger partial charge on any atom is 0.323 e. The van der Waals surface area contributed by atoms with Crippen LogP contribution in [0.15, 0.2) is 24.3 Å². The molecule has 0 radical (unpaired) electrons. The molecule has 0 spiro atoms. The van der Waals surface area contributed by atoms with Crippen molar-refractivity contribution >= 4 is 11.9 Å². The molecular weight excluding hydrogens is 237 g/mol. The van der Waals surface area contributed by atoms with Gasteiger partial charge in [0.25, 0.3) is 0 Å². The molecular formula is C13H16FNO3. The third-order valence-corrected chi connectivity index (χ3v) is 2.47. The van der Waals surface area contributed by atoms with E-state index in [-0.39, 0.29) is 24.4 Å². The van der Waals surface area contributed by atoms with Crippen LogP contribution < -0.4 is 0 Å². The molecule has 0 aromatic heterocycles. The van der Waals surface area contributed by atoms with E-state index in [4.69, 9.17) is 5.11 Å². The van der Waals surface area contributed by atoms with E-state index in [0.717, 1.165) is 0 Å². The van der Waals surface area contributed by atoms with Crippen LogP contribution >= 0.6 is 0 Å². The number of carboxylic acid groups (broad SMARTS) is 1. The zero-order valence-electron chi connectivity index (χ0n) is 10.2. The Bertz CT molecular complexity index is 434. The van der Waals surface area contributed by atoms with Gasteiger partial charge in [0.15, 0.2) is 0 Å². The number of hydrogen-bond donors (Lipinski definition) is 1. The number of hydrogen-bond acceptors (Lipinski definition) is 2. The Morgan fingerprint density at radius 2 is 2.00 bits per heavy atom. The fourth-order valence-corrected chi connectivity index (χ4v) is 1.64. The van der Waals surface area contributed by atoms with Crippen molar-refractivity contribution in [2.45, 2.75) is 19.8 Å². The Labute approximate surface area is 105 Å². The van der Waals surface area contributed by atoms with Gasteiger partial charge in [-0.2, -0.15) is 0 Å². The number of carbonyl (C=O) groups is 2. The molecule has 1 N–H and O–H groups in total. The second kappa shape index (κ2) is 6.74. The van der Waals surface area contributed by atoms with Crippen LogP contribution in [-0.2, 0) is 16.0 Å². The molecule has 0 aliphatic rings. The van der Waals surface area contributed by atoms with Crippen molar-refractivity contribution in [1.29, 1.82) is 0 Å². The van der Waals surface area contributed by atoms with Crippen molar-refractivity contribution in [3.05, 3.63) is 35.6 Å². The van der Waals surface area contributed by atoms with E-state index in [1.165, 1.54) is 17.0 Å². The van der Waals surface area contributed by atoms with Crippen molar-refractivity contribution in [3.63, 3.8) is 0 Å². The predicted octanol–water partition coefficient (Wildman–Crippen LogP) is 1.69. The number of benzene rings is 1. The molecule has 4 nitrogen and oxygen atoms in total. The number of halogens is 1. The maximum absolute atomic E-state index is 13.4. The van der Waals surface area contributed by atoms with E-state index in [0.29, 0.717) is 13.0 Å². The summed E-state index contributed by atoms with van der Waals surface area (Å²) in [6.45, 7) is 1.87. The van der Waals surface area contributed by atoms with Gasteiger partial charge >= 0.3 is 5.97 Å². The maximum atomic E-state index is 13.4. The Morgan fingerprint density at radius 3 is 2.56 bits per heavy atom. The molecule has 0 aliphatic carbocycles. The number of aliphatic carboxylic acids is 1. The predicted molar refractivity (Wildman–Crippen MR) is 64.6 cm³/mol. The Hall–Kier alpha value is -1.91. The molecule has 0 fully saturated rings. The fraction of sp³-hybridized carbons (Fsp3) is 0.385. The molecule has 0 heterocycles. The molecule has 0 aliphatic heterocycles. The first-order chi connectivity index (χ1) is 8.54. The van der Waals surface area contributed by atoms with Crippen molar-refractivity contribution in [1.82, 2.24) is 4.90 Å². The van der Waals surface area contributed by atoms with Crippen molar-refractivity contribution in [2.24, 2.45) is 0 Å². The summed E-state index contributed by atoms with van der Waals surface area (Å²) in [5.41, 5.74) is 0.286. The number of nitrogens with zero attached hydrogens (tertiary/aromatic N) is 1. The van der Waals surface area contributed by atoms with Gasteiger partial charge in [0.05, 0.1) is 6.42 Å². The lowest BCUT2D eigenvalue weighted by Crippen LogP contribution is -2.37. The molecule has 0 atom stereocenters. The summed E-state index contributed by atoms with van der Waals surface area (Å²) >= 11 is 0. The number of carbonyl (C=O) groups excluding carboxylic acids is 1. The molecule has 5 heteroatoms. The minimum Gasteiger partial charge on any atom is -0.480 e. The quantitative estimate of drug-likeness (QED) is 0.839. The van der Waals surface area contributed by atoms with Crippen LogP contribution in [0.2, 0.25) is 0 Å². The van der Waals surface area contributed by atoms with Gasteiger partial charge in [-0.15, -0.1) is 0 Å². The van der Waals surface area contributed by atoms with E-state index in [2.05, 4.69) is 0 Å². The lowest BCUT2D eigenvalue weighted by Gasteiger charge is -2.20. The van der Waals surface area contributed by atoms with Gasteiger partial charge < -0.3 is 10.0 Å². The molecule has 18 heavy (non-hydrogen) atoms. The second-order valence-corrected chi connectivity index (χ2v) is 3.98. The van der Waals surface area contributed by atoms with Gasteiger partial charge in [0.1, 0.15) is 12.4 Å². The second-order valence-electron chi connectivity index (χ2n) is 3.98. The van der Waals surface area contributed by atoms with Crippen LogP contribution in [0.25, 0.3) is 0 Å². The van der Waals surface area contributed by atoms with E-state index in [1.807, 2.05) is 6.92 Å². The normalized spacial score (nSPS) is 10.1. The molecule has 0 unspecified atom stereocenters. The first-order valence-electron chi connectivity index (χ1n) is 5.77. The highest BCUT2D eigenvalue weighted by Gasteiger charge is 2.17. The zero-order chi connectivity index (χ0) is 13.5. The van der Waals surface area contributed by atoms with Crippen LogP contribution in [0, 0.1) is 5.82 Å². The third-order valence-electron chi connectivity index (χ3n) is 2.47. The standard InChI is InChI=1S/C13H16FNO3/c1-2-7-15(9-13(17)18)12(16)8-10-5-3-4-6-11(10)14/h3-6H,2,7-9H2,1H3,(H,17,18). The Kier molecular flexibility index (Phi) is 5.30. The highest BCUT2D eigenvalue weighted by Crippen LogP contribution is 2.09. The highest BCUT2D eigenvalue weighted by molar-refractivity contribution is 5.83. The topological polar surface area (TPSA) is 57.6 Å². The molecule has 0 bridgehead atoms. The summed E-state index contributed by atoms with van der Waals surface area (Å²) < 4.78 is 13.4. The number of carboxylic acids is 1. The molecule has 1 amide bonds. The highest BCUT2D eigenvalue weighted by atomic mass is 19.1. The first kappa shape index (κ1) is 14.2. The van der Waals surface area contributed by atoms with E-state index in [1.54, 1.807) is 12.1 Å². The Morgan fingerprint density at radius 1 is 1.33 bits per heavy atom. The van der Waals surface area contributed by atoms with Crippen molar-refractivity contribution in [3.8, 4) is 0 Å². The molecule has 1 rings (SSSR count). The number of amides is 1. The minimum atomic E-state index is -1.06. The summed E-state index contributed by atoms with van der Waals surface area (Å²) in [6, 6.07) is 6.00. The van der Waals surface area contributed by atoms with Gasteiger partial charge in [-0.1, -0.05) is 25.1 Å². The van der Waals surface area contributed by atoms with Gasteiger partial charge in [-0.25, -0.2) is 4.39 Å². The number of rotatable bonds is 6. The van der Waals surface area contributed by atoms with Crippen molar-refractivity contribution < 1.29 is 19.1 Å². The van der Waals surface area contributed by atoms with Crippen LogP contribution in [0.1, 0.15) is 18.9 Å². The summed E-state index contributed by atoms with van der Waals surface area (Å²) in [7, 11) is 0. The van der Waals surface area contributed by atoms with E-state index in [9.17, 15) is 14.0 Å². The first-order valence-corrected chi connectivity index (χ1v) is 5.77. The SMILES string of the molecule is CCCN(CC(=O)O)C(=O)Cc1ccccc1F. The molecule has 98 valence electrons. The van der Waals surface area contributed by atoms with Crippen LogP contribution in [-0.4, -0.2) is 35.0 Å². The van der Waals surface area contributed by atoms with Crippen LogP contribution in [0.4, 0.5) is 4.39 Å². The van der Waals surface area contributed by atoms with Gasteiger partial charge in [0.2, 0.25) is 5.91 Å². The van der Waals surface area contributed by atoms with E-state index >= 15 is 0 Å². The molecule has 0 saturated heterocycles. The van der Waals surface area contributed by atoms with Crippen LogP contribution in [0.3, 0.4) is 0 Å². The summed E-state index contributed by atoms with van der Waals surface area (Å²) in [5.74, 6) is -1.88. The monoisotopic (exact) mass is 253 g/mol. The summed E-state index contributed by atoms with van der Waals surface area (Å²) in [6.07, 6.45) is 0.552. The average Bonchev–Trinajstić information content (AvgIpc) is 2.31. The minimum absolute atomic E-state index is 0.111. The van der Waals surface area contributed by atoms with Gasteiger partial charge in [0, 0.05) is 6.54 Å². The molecule has 1 aromatic carbocycles. The van der Waals surface area contributed by atoms with Gasteiger partial charge in [-0.3, -0.25) is 9.59 Å². The largest absolute Gasteiger partial charge is 0.480 e. The van der Waals surface area contributed by atoms with Crippen molar-refractivity contribution in [2.75, 3.05) is 13.1 Å². The zero-order valence-corrected chi connectivity index (χ0v) is 10.2. The fourth-order valence-electron chi connectivity index (χ4n) is 1.64.